The molecule has 0 saturated heterocycles. The Morgan fingerprint density at radius 2 is 1.89 bits per heavy atom. The van der Waals surface area contributed by atoms with Crippen LogP contribution in [0.5, 0.6) is 5.75 Å². The van der Waals surface area contributed by atoms with Crippen LogP contribution in [-0.2, 0) is 6.61 Å². The van der Waals surface area contributed by atoms with Crippen LogP contribution in [0.2, 0.25) is 5.02 Å². The summed E-state index contributed by atoms with van der Waals surface area (Å²) >= 11 is 6.08. The van der Waals surface area contributed by atoms with E-state index in [2.05, 4.69) is 0 Å². The van der Waals surface area contributed by atoms with Gasteiger partial charge in [-0.3, -0.25) is 4.79 Å². The van der Waals surface area contributed by atoms with E-state index in [0.29, 0.717) is 22.9 Å². The van der Waals surface area contributed by atoms with E-state index in [1.54, 1.807) is 12.1 Å². The van der Waals surface area contributed by atoms with Gasteiger partial charge < -0.3 is 4.74 Å². The van der Waals surface area contributed by atoms with Gasteiger partial charge in [0.25, 0.3) is 0 Å². The summed E-state index contributed by atoms with van der Waals surface area (Å²) in [4.78, 5) is 11.4. The maximum absolute atomic E-state index is 11.4. The Bertz CT molecular complexity index is 591. The highest BCUT2D eigenvalue weighted by Crippen LogP contribution is 2.27. The molecule has 0 aromatic heterocycles. The molecule has 0 aliphatic carbocycles. The van der Waals surface area contributed by atoms with Crippen LogP contribution in [-0.4, -0.2) is 5.78 Å². The first kappa shape index (κ1) is 13.6. The third-order valence-corrected chi connectivity index (χ3v) is 3.19. The van der Waals surface area contributed by atoms with Crippen molar-refractivity contribution in [3.05, 3.63) is 64.2 Å². The first-order chi connectivity index (χ1) is 9.08. The van der Waals surface area contributed by atoms with Crippen LogP contribution in [0.15, 0.2) is 42.5 Å². The number of Topliss-reactive ketones (excluding diaryl/α,β-unsaturated/α-hetero) is 1. The van der Waals surface area contributed by atoms with Crippen LogP contribution in [0.4, 0.5) is 0 Å². The Kier molecular flexibility index (Phi) is 4.23. The molecule has 2 aromatic rings. The summed E-state index contributed by atoms with van der Waals surface area (Å²) in [6.45, 7) is 3.89. The zero-order valence-electron chi connectivity index (χ0n) is 10.9. The summed E-state index contributed by atoms with van der Waals surface area (Å²) in [5.74, 6) is 0.668. The number of carbonyl (C=O) groups excluding carboxylic acids is 1. The number of ketones is 1. The van der Waals surface area contributed by atoms with Gasteiger partial charge in [-0.25, -0.2) is 0 Å². The molecular weight excluding hydrogens is 260 g/mol. The summed E-state index contributed by atoms with van der Waals surface area (Å²) in [6.07, 6.45) is 0. The van der Waals surface area contributed by atoms with Crippen molar-refractivity contribution in [2.45, 2.75) is 20.5 Å². The molecule has 0 atom stereocenters. The molecular formula is C16H15ClO2. The standard InChI is InChI=1S/C16H15ClO2/c1-11-8-14(12(2)18)15(17)9-16(11)19-10-13-6-4-3-5-7-13/h3-9H,10H2,1-2H3. The van der Waals surface area contributed by atoms with Crippen LogP contribution in [0.1, 0.15) is 28.4 Å². The quantitative estimate of drug-likeness (QED) is 0.771. The van der Waals surface area contributed by atoms with Crippen LogP contribution in [0.25, 0.3) is 0 Å². The number of halogens is 1. The number of aryl methyl sites for hydroxylation is 1. The normalized spacial score (nSPS) is 10.3. The molecule has 0 radical (unpaired) electrons. The molecule has 0 aliphatic heterocycles. The highest BCUT2D eigenvalue weighted by Gasteiger charge is 2.10. The van der Waals surface area contributed by atoms with E-state index in [1.165, 1.54) is 6.92 Å². The van der Waals surface area contributed by atoms with E-state index in [-0.39, 0.29) is 5.78 Å². The second-order valence-electron chi connectivity index (χ2n) is 4.43. The second kappa shape index (κ2) is 5.89. The summed E-state index contributed by atoms with van der Waals surface area (Å²) in [5.41, 5.74) is 2.53. The molecule has 19 heavy (non-hydrogen) atoms. The van der Waals surface area contributed by atoms with E-state index in [1.807, 2.05) is 37.3 Å². The lowest BCUT2D eigenvalue weighted by Crippen LogP contribution is -2.00. The fourth-order valence-corrected chi connectivity index (χ4v) is 2.11. The van der Waals surface area contributed by atoms with Gasteiger partial charge in [0.1, 0.15) is 12.4 Å². The maximum atomic E-state index is 11.4. The molecule has 0 aliphatic rings. The summed E-state index contributed by atoms with van der Waals surface area (Å²) < 4.78 is 5.74. The van der Waals surface area contributed by atoms with Crippen LogP contribution >= 0.6 is 11.6 Å². The lowest BCUT2D eigenvalue weighted by atomic mass is 10.1. The summed E-state index contributed by atoms with van der Waals surface area (Å²) in [5, 5.41) is 0.432. The Morgan fingerprint density at radius 3 is 2.53 bits per heavy atom. The van der Waals surface area contributed by atoms with Gasteiger partial charge in [0.05, 0.1) is 5.02 Å². The number of hydrogen-bond donors (Lipinski definition) is 0. The predicted octanol–water partition coefficient (Wildman–Crippen LogP) is 4.43. The number of benzene rings is 2. The van der Waals surface area contributed by atoms with Gasteiger partial charge in [-0.15, -0.1) is 0 Å². The molecule has 0 bridgehead atoms. The summed E-state index contributed by atoms with van der Waals surface area (Å²) in [6, 6.07) is 13.4. The molecule has 98 valence electrons. The second-order valence-corrected chi connectivity index (χ2v) is 4.84. The number of carbonyl (C=O) groups is 1. The topological polar surface area (TPSA) is 26.3 Å². The smallest absolute Gasteiger partial charge is 0.161 e. The van der Waals surface area contributed by atoms with Crippen molar-refractivity contribution in [2.24, 2.45) is 0 Å². The van der Waals surface area contributed by atoms with Gasteiger partial charge in [-0.05, 0) is 37.1 Å². The van der Waals surface area contributed by atoms with Gasteiger partial charge in [0.2, 0.25) is 0 Å². The van der Waals surface area contributed by atoms with Crippen molar-refractivity contribution in [1.82, 2.24) is 0 Å². The third kappa shape index (κ3) is 3.36. The molecule has 0 fully saturated rings. The van der Waals surface area contributed by atoms with Crippen molar-refractivity contribution in [3.8, 4) is 5.75 Å². The average Bonchev–Trinajstić information content (AvgIpc) is 2.40. The molecule has 0 saturated carbocycles. The maximum Gasteiger partial charge on any atom is 0.161 e. The highest BCUT2D eigenvalue weighted by molar-refractivity contribution is 6.34. The van der Waals surface area contributed by atoms with E-state index in [9.17, 15) is 4.79 Å². The fraction of sp³-hybridized carbons (Fsp3) is 0.188. The first-order valence-corrected chi connectivity index (χ1v) is 6.43. The molecule has 3 heteroatoms. The molecule has 2 aromatic carbocycles. The van der Waals surface area contributed by atoms with Crippen molar-refractivity contribution in [1.29, 1.82) is 0 Å². The van der Waals surface area contributed by atoms with E-state index in [0.717, 1.165) is 11.1 Å². The number of rotatable bonds is 4. The van der Waals surface area contributed by atoms with Gasteiger partial charge in [-0.2, -0.15) is 0 Å². The van der Waals surface area contributed by atoms with E-state index in [4.69, 9.17) is 16.3 Å². The van der Waals surface area contributed by atoms with Crippen molar-refractivity contribution in [3.63, 3.8) is 0 Å². The average molecular weight is 275 g/mol. The fourth-order valence-electron chi connectivity index (χ4n) is 1.82. The monoisotopic (exact) mass is 274 g/mol. The van der Waals surface area contributed by atoms with Gasteiger partial charge in [-0.1, -0.05) is 41.9 Å². The minimum absolute atomic E-state index is 0.0392. The van der Waals surface area contributed by atoms with Crippen molar-refractivity contribution in [2.75, 3.05) is 0 Å². The van der Waals surface area contributed by atoms with Gasteiger partial charge >= 0.3 is 0 Å². The third-order valence-electron chi connectivity index (χ3n) is 2.88. The molecule has 0 spiro atoms. The van der Waals surface area contributed by atoms with Crippen LogP contribution < -0.4 is 4.74 Å². The first-order valence-electron chi connectivity index (χ1n) is 6.05. The van der Waals surface area contributed by atoms with E-state index >= 15 is 0 Å². The van der Waals surface area contributed by atoms with E-state index < -0.39 is 0 Å². The molecule has 0 N–H and O–H groups in total. The lowest BCUT2D eigenvalue weighted by molar-refractivity contribution is 0.101. The molecule has 0 heterocycles. The highest BCUT2D eigenvalue weighted by atomic mass is 35.5. The molecule has 2 nitrogen and oxygen atoms in total. The van der Waals surface area contributed by atoms with Gasteiger partial charge in [0.15, 0.2) is 5.78 Å². The minimum Gasteiger partial charge on any atom is -0.489 e. The van der Waals surface area contributed by atoms with Crippen LogP contribution in [0.3, 0.4) is 0 Å². The minimum atomic E-state index is -0.0392. The predicted molar refractivity (Wildman–Crippen MR) is 77.0 cm³/mol. The van der Waals surface area contributed by atoms with Crippen molar-refractivity contribution >= 4 is 17.4 Å². The zero-order chi connectivity index (χ0) is 13.8. The zero-order valence-corrected chi connectivity index (χ0v) is 11.7. The molecule has 0 amide bonds. The Balaban J connectivity index is 2.17. The lowest BCUT2D eigenvalue weighted by Gasteiger charge is -2.11. The Labute approximate surface area is 118 Å². The number of hydrogen-bond acceptors (Lipinski definition) is 2. The Hall–Kier alpha value is -1.80. The molecule has 0 unspecified atom stereocenters. The van der Waals surface area contributed by atoms with Gasteiger partial charge in [0, 0.05) is 5.56 Å². The van der Waals surface area contributed by atoms with Crippen molar-refractivity contribution < 1.29 is 9.53 Å². The largest absolute Gasteiger partial charge is 0.489 e. The molecule has 2 rings (SSSR count). The number of ether oxygens (including phenoxy) is 1. The SMILES string of the molecule is CC(=O)c1cc(C)c(OCc2ccccc2)cc1Cl. The summed E-state index contributed by atoms with van der Waals surface area (Å²) in [7, 11) is 0. The van der Waals surface area contributed by atoms with Crippen LogP contribution in [0, 0.1) is 6.92 Å². The Morgan fingerprint density at radius 1 is 1.21 bits per heavy atom.